The Morgan fingerprint density at radius 2 is 1.79 bits per heavy atom. The van der Waals surface area contributed by atoms with E-state index in [2.05, 4.69) is 20.5 Å². The highest BCUT2D eigenvalue weighted by Crippen LogP contribution is 2.25. The fourth-order valence-electron chi connectivity index (χ4n) is 2.91. The maximum absolute atomic E-state index is 12.7. The Balaban J connectivity index is 1.35. The number of tetrazole rings is 1. The van der Waals surface area contributed by atoms with Gasteiger partial charge in [-0.2, -0.15) is 0 Å². The van der Waals surface area contributed by atoms with E-state index in [1.165, 1.54) is 22.3 Å². The molecule has 0 radical (unpaired) electrons. The van der Waals surface area contributed by atoms with E-state index >= 15 is 0 Å². The van der Waals surface area contributed by atoms with Gasteiger partial charge in [0.05, 0.1) is 0 Å². The van der Waals surface area contributed by atoms with Gasteiger partial charge in [0.25, 0.3) is 5.91 Å². The van der Waals surface area contributed by atoms with Crippen molar-refractivity contribution < 1.29 is 9.59 Å². The molecule has 0 aliphatic carbocycles. The predicted molar refractivity (Wildman–Crippen MR) is 103 cm³/mol. The zero-order valence-electron chi connectivity index (χ0n) is 14.7. The van der Waals surface area contributed by atoms with Crippen LogP contribution in [0.5, 0.6) is 0 Å². The fourth-order valence-corrected chi connectivity index (χ4v) is 3.84. The normalized spacial score (nSPS) is 14.3. The summed E-state index contributed by atoms with van der Waals surface area (Å²) in [5, 5.41) is 13.9. The molecule has 11 heteroatoms. The molecule has 1 aromatic carbocycles. The number of aromatic nitrogens is 5. The first kappa shape index (κ1) is 18.5. The van der Waals surface area contributed by atoms with Crippen molar-refractivity contribution >= 4 is 34.8 Å². The third-order valence-corrected chi connectivity index (χ3v) is 5.57. The molecule has 1 aliphatic heterocycles. The average Bonchev–Trinajstić information content (AvgIpc) is 3.40. The number of rotatable bonds is 4. The Bertz CT molecular complexity index is 966. The van der Waals surface area contributed by atoms with E-state index in [0.29, 0.717) is 36.9 Å². The standard InChI is InChI=1S/C17H16ClN7O2S/c18-13-3-1-12(2-4-13)16-20-14(10-28-16)17(27)24-7-5-23(6-8-24)15(26)9-25-11-19-21-22-25/h1-4,10-11H,5-9H2. The average molecular weight is 418 g/mol. The molecule has 144 valence electrons. The summed E-state index contributed by atoms with van der Waals surface area (Å²) < 4.78 is 1.38. The Labute approximate surface area is 169 Å². The van der Waals surface area contributed by atoms with E-state index in [9.17, 15) is 9.59 Å². The van der Waals surface area contributed by atoms with Crippen molar-refractivity contribution in [3.63, 3.8) is 0 Å². The molecule has 3 aromatic rings. The molecule has 0 atom stereocenters. The molecule has 0 N–H and O–H groups in total. The number of nitrogens with zero attached hydrogens (tertiary/aromatic N) is 7. The number of hydrogen-bond donors (Lipinski definition) is 0. The van der Waals surface area contributed by atoms with E-state index in [1.807, 2.05) is 12.1 Å². The minimum Gasteiger partial charge on any atom is -0.338 e. The molecule has 0 saturated carbocycles. The molecule has 1 saturated heterocycles. The molecule has 0 spiro atoms. The second kappa shape index (κ2) is 8.03. The number of halogens is 1. The van der Waals surface area contributed by atoms with Crippen LogP contribution in [-0.4, -0.2) is 73.0 Å². The number of carbonyl (C=O) groups is 2. The highest BCUT2D eigenvalue weighted by molar-refractivity contribution is 7.13. The summed E-state index contributed by atoms with van der Waals surface area (Å²) in [6.45, 7) is 1.97. The van der Waals surface area contributed by atoms with Gasteiger partial charge in [-0.25, -0.2) is 9.67 Å². The van der Waals surface area contributed by atoms with Gasteiger partial charge in [0.2, 0.25) is 5.91 Å². The first-order chi connectivity index (χ1) is 13.6. The first-order valence-corrected chi connectivity index (χ1v) is 9.85. The Morgan fingerprint density at radius 1 is 1.07 bits per heavy atom. The van der Waals surface area contributed by atoms with Gasteiger partial charge in [-0.05, 0) is 22.6 Å². The Morgan fingerprint density at radius 3 is 2.46 bits per heavy atom. The first-order valence-electron chi connectivity index (χ1n) is 8.59. The Hall–Kier alpha value is -2.85. The Kier molecular flexibility index (Phi) is 5.31. The molecule has 1 aliphatic rings. The zero-order valence-corrected chi connectivity index (χ0v) is 16.3. The number of piperazine rings is 1. The number of hydrogen-bond acceptors (Lipinski definition) is 7. The summed E-state index contributed by atoms with van der Waals surface area (Å²) in [5.41, 5.74) is 1.34. The molecular formula is C17H16ClN7O2S. The van der Waals surface area contributed by atoms with Gasteiger partial charge >= 0.3 is 0 Å². The van der Waals surface area contributed by atoms with Crippen molar-refractivity contribution in [3.05, 3.63) is 46.7 Å². The van der Waals surface area contributed by atoms with Gasteiger partial charge in [0, 0.05) is 42.1 Å². The molecule has 3 heterocycles. The highest BCUT2D eigenvalue weighted by atomic mass is 35.5. The fraction of sp³-hybridized carbons (Fsp3) is 0.294. The smallest absolute Gasteiger partial charge is 0.273 e. The van der Waals surface area contributed by atoms with Crippen molar-refractivity contribution in [1.82, 2.24) is 35.0 Å². The highest BCUT2D eigenvalue weighted by Gasteiger charge is 2.26. The van der Waals surface area contributed by atoms with E-state index in [1.54, 1.807) is 27.3 Å². The third-order valence-electron chi connectivity index (χ3n) is 4.42. The summed E-state index contributed by atoms with van der Waals surface area (Å²) in [5.74, 6) is -0.192. The van der Waals surface area contributed by atoms with Crippen LogP contribution in [0.4, 0.5) is 0 Å². The lowest BCUT2D eigenvalue weighted by atomic mass is 10.2. The van der Waals surface area contributed by atoms with Crippen molar-refractivity contribution in [2.45, 2.75) is 6.54 Å². The van der Waals surface area contributed by atoms with Crippen LogP contribution >= 0.6 is 22.9 Å². The summed E-state index contributed by atoms with van der Waals surface area (Å²) in [4.78, 5) is 32.9. The number of thiazole rings is 1. The van der Waals surface area contributed by atoms with Crippen LogP contribution in [0, 0.1) is 0 Å². The zero-order chi connectivity index (χ0) is 19.5. The minimum absolute atomic E-state index is 0.0712. The van der Waals surface area contributed by atoms with Crippen LogP contribution in [0.15, 0.2) is 36.0 Å². The number of amides is 2. The van der Waals surface area contributed by atoms with Crippen LogP contribution in [0.1, 0.15) is 10.5 Å². The third kappa shape index (κ3) is 4.02. The van der Waals surface area contributed by atoms with Crippen LogP contribution < -0.4 is 0 Å². The van der Waals surface area contributed by atoms with E-state index < -0.39 is 0 Å². The molecule has 0 unspecified atom stereocenters. The molecular weight excluding hydrogens is 402 g/mol. The number of carbonyl (C=O) groups excluding carboxylic acids is 2. The molecule has 4 rings (SSSR count). The SMILES string of the molecule is O=C(Cn1cnnn1)N1CCN(C(=O)c2csc(-c3ccc(Cl)cc3)n2)CC1. The van der Waals surface area contributed by atoms with Gasteiger partial charge in [0.1, 0.15) is 23.6 Å². The van der Waals surface area contributed by atoms with Crippen LogP contribution in [0.25, 0.3) is 10.6 Å². The van der Waals surface area contributed by atoms with Gasteiger partial charge in [0.15, 0.2) is 0 Å². The summed E-state index contributed by atoms with van der Waals surface area (Å²) in [6.07, 6.45) is 1.40. The van der Waals surface area contributed by atoms with E-state index in [-0.39, 0.29) is 18.4 Å². The maximum Gasteiger partial charge on any atom is 0.273 e. The van der Waals surface area contributed by atoms with Crippen molar-refractivity contribution in [2.24, 2.45) is 0 Å². The molecule has 9 nitrogen and oxygen atoms in total. The summed E-state index contributed by atoms with van der Waals surface area (Å²) in [6, 6.07) is 7.35. The molecule has 0 bridgehead atoms. The van der Waals surface area contributed by atoms with Crippen LogP contribution in [0.2, 0.25) is 5.02 Å². The quantitative estimate of drug-likeness (QED) is 0.637. The largest absolute Gasteiger partial charge is 0.338 e. The van der Waals surface area contributed by atoms with Crippen LogP contribution in [-0.2, 0) is 11.3 Å². The van der Waals surface area contributed by atoms with Gasteiger partial charge < -0.3 is 9.80 Å². The van der Waals surface area contributed by atoms with Gasteiger partial charge in [-0.1, -0.05) is 23.7 Å². The molecule has 2 amide bonds. The lowest BCUT2D eigenvalue weighted by Crippen LogP contribution is -2.51. The second-order valence-electron chi connectivity index (χ2n) is 6.23. The lowest BCUT2D eigenvalue weighted by molar-refractivity contribution is -0.133. The van der Waals surface area contributed by atoms with Crippen molar-refractivity contribution in [1.29, 1.82) is 0 Å². The lowest BCUT2D eigenvalue weighted by Gasteiger charge is -2.34. The second-order valence-corrected chi connectivity index (χ2v) is 7.52. The van der Waals surface area contributed by atoms with Gasteiger partial charge in [-0.3, -0.25) is 9.59 Å². The summed E-state index contributed by atoms with van der Waals surface area (Å²) in [7, 11) is 0. The monoisotopic (exact) mass is 417 g/mol. The molecule has 28 heavy (non-hydrogen) atoms. The topological polar surface area (TPSA) is 97.1 Å². The van der Waals surface area contributed by atoms with Gasteiger partial charge in [-0.15, -0.1) is 16.4 Å². The van der Waals surface area contributed by atoms with E-state index in [4.69, 9.17) is 11.6 Å². The van der Waals surface area contributed by atoms with E-state index in [0.717, 1.165) is 10.6 Å². The van der Waals surface area contributed by atoms with Crippen LogP contribution in [0.3, 0.4) is 0 Å². The predicted octanol–water partition coefficient (Wildman–Crippen LogP) is 1.43. The molecule has 1 fully saturated rings. The maximum atomic E-state index is 12.7. The molecule has 2 aromatic heterocycles. The number of benzene rings is 1. The minimum atomic E-state index is -0.121. The van der Waals surface area contributed by atoms with Crippen molar-refractivity contribution in [3.8, 4) is 10.6 Å². The summed E-state index contributed by atoms with van der Waals surface area (Å²) >= 11 is 7.33. The van der Waals surface area contributed by atoms with Crippen molar-refractivity contribution in [2.75, 3.05) is 26.2 Å².